The van der Waals surface area contributed by atoms with Gasteiger partial charge in [0, 0.05) is 32.6 Å². The molecule has 0 aromatic heterocycles. The van der Waals surface area contributed by atoms with Crippen molar-refractivity contribution in [3.63, 3.8) is 0 Å². The van der Waals surface area contributed by atoms with Crippen molar-refractivity contribution in [1.29, 1.82) is 0 Å². The highest BCUT2D eigenvalue weighted by atomic mass is 16.6. The average molecular weight is 598 g/mol. The predicted octanol–water partition coefficient (Wildman–Crippen LogP) is 4.53. The predicted molar refractivity (Wildman–Crippen MR) is 161 cm³/mol. The minimum absolute atomic E-state index is 0.00450. The number of hydrogen-bond acceptors (Lipinski definition) is 6. The Hall–Kier alpha value is -2.76. The Morgan fingerprint density at radius 2 is 1.58 bits per heavy atom. The van der Waals surface area contributed by atoms with Crippen molar-refractivity contribution in [1.82, 2.24) is 15.1 Å². The number of rotatable bonds is 8. The van der Waals surface area contributed by atoms with Gasteiger partial charge in [-0.3, -0.25) is 14.4 Å². The van der Waals surface area contributed by atoms with E-state index in [-0.39, 0.29) is 42.3 Å². The van der Waals surface area contributed by atoms with E-state index in [1.807, 2.05) is 20.8 Å². The minimum Gasteiger partial charge on any atom is -0.462 e. The molecule has 6 rings (SSSR count). The van der Waals surface area contributed by atoms with Crippen molar-refractivity contribution in [2.75, 3.05) is 26.2 Å². The maximum absolute atomic E-state index is 13.1. The number of nitrogens with one attached hydrogen (secondary N) is 1. The zero-order valence-corrected chi connectivity index (χ0v) is 26.4. The van der Waals surface area contributed by atoms with Crippen LogP contribution < -0.4 is 5.32 Å². The van der Waals surface area contributed by atoms with Gasteiger partial charge < -0.3 is 24.6 Å². The van der Waals surface area contributed by atoms with Gasteiger partial charge in [-0.1, -0.05) is 5.92 Å². The van der Waals surface area contributed by atoms with Crippen molar-refractivity contribution in [2.45, 2.75) is 116 Å². The maximum Gasteiger partial charge on any atom is 0.410 e. The van der Waals surface area contributed by atoms with Crippen LogP contribution in [-0.2, 0) is 23.9 Å². The van der Waals surface area contributed by atoms with Gasteiger partial charge in [0.25, 0.3) is 0 Å². The molecule has 0 aromatic rings. The topological polar surface area (TPSA) is 105 Å². The average Bonchev–Trinajstić information content (AvgIpc) is 2.96. The van der Waals surface area contributed by atoms with Crippen LogP contribution in [0.1, 0.15) is 97.8 Å². The summed E-state index contributed by atoms with van der Waals surface area (Å²) in [6, 6.07) is -0.713. The Balaban J connectivity index is 1.02. The second-order valence-electron chi connectivity index (χ2n) is 14.9. The molecule has 9 nitrogen and oxygen atoms in total. The lowest BCUT2D eigenvalue weighted by Gasteiger charge is -2.53. The van der Waals surface area contributed by atoms with E-state index in [2.05, 4.69) is 11.2 Å². The standard InChI is InChI=1S/C34H51N3O6/c1-5-28(20-30(39)42-31-26-16-23-15-24(18-26)19-27(31)17-23)35-32(40)25-7-6-12-37(21-25)29(38)9-8-22-10-13-36(14-11-22)33(41)43-34(2,3)4/h1,22-28,31H,6-21H2,2-4H3,(H,35,40)/t23?,24?,25-,26?,27?,28?,31?/m1/s1. The van der Waals surface area contributed by atoms with Crippen LogP contribution >= 0.6 is 0 Å². The Morgan fingerprint density at radius 3 is 2.19 bits per heavy atom. The van der Waals surface area contributed by atoms with Crippen molar-refractivity contribution in [3.8, 4) is 12.3 Å². The Bertz CT molecular complexity index is 1060. The number of nitrogens with zero attached hydrogens (tertiary/aromatic N) is 2. The molecular weight excluding hydrogens is 546 g/mol. The largest absolute Gasteiger partial charge is 0.462 e. The molecule has 0 spiro atoms. The molecule has 2 aliphatic heterocycles. The van der Waals surface area contributed by atoms with Gasteiger partial charge in [-0.15, -0.1) is 6.42 Å². The highest BCUT2D eigenvalue weighted by Gasteiger charge is 2.50. The number of amides is 3. The van der Waals surface area contributed by atoms with Gasteiger partial charge in [0.2, 0.25) is 11.8 Å². The molecule has 0 aromatic carbocycles. The summed E-state index contributed by atoms with van der Waals surface area (Å²) >= 11 is 0. The van der Waals surface area contributed by atoms with Crippen LogP contribution in [0.25, 0.3) is 0 Å². The molecule has 4 saturated carbocycles. The molecule has 1 N–H and O–H groups in total. The van der Waals surface area contributed by atoms with E-state index in [9.17, 15) is 19.2 Å². The first-order valence-corrected chi connectivity index (χ1v) is 16.7. The summed E-state index contributed by atoms with van der Waals surface area (Å²) in [4.78, 5) is 55.0. The molecule has 1 unspecified atom stereocenters. The fraction of sp³-hybridized carbons (Fsp3) is 0.824. The third-order valence-corrected chi connectivity index (χ3v) is 10.5. The molecule has 43 heavy (non-hydrogen) atoms. The number of piperidine rings is 2. The van der Waals surface area contributed by atoms with Crippen molar-refractivity contribution in [3.05, 3.63) is 0 Å². The third kappa shape index (κ3) is 8.25. The molecule has 4 aliphatic carbocycles. The highest BCUT2D eigenvalue weighted by molar-refractivity contribution is 5.82. The Labute approximate surface area is 257 Å². The van der Waals surface area contributed by atoms with E-state index in [0.717, 1.165) is 37.5 Å². The minimum atomic E-state index is -0.713. The Kier molecular flexibility index (Phi) is 9.93. The molecule has 4 bridgehead atoms. The van der Waals surface area contributed by atoms with Gasteiger partial charge in [0.05, 0.1) is 12.3 Å². The SMILES string of the molecule is C#CC(CC(=O)OC1C2CC3CC(C2)CC1C3)NC(=O)[C@@H]1CCCN(C(=O)CCC2CCN(C(=O)OC(C)(C)C)CC2)C1. The molecule has 2 atom stereocenters. The Morgan fingerprint density at radius 1 is 0.930 bits per heavy atom. The normalized spacial score (nSPS) is 31.2. The van der Waals surface area contributed by atoms with E-state index < -0.39 is 11.6 Å². The number of terminal acetylenes is 1. The first-order valence-electron chi connectivity index (χ1n) is 16.7. The molecule has 9 heteroatoms. The van der Waals surface area contributed by atoms with E-state index in [1.165, 1.54) is 32.1 Å². The van der Waals surface area contributed by atoms with Crippen LogP contribution in [-0.4, -0.2) is 77.6 Å². The fourth-order valence-corrected chi connectivity index (χ4v) is 8.51. The summed E-state index contributed by atoms with van der Waals surface area (Å²) in [6.07, 6.45) is 15.8. The van der Waals surface area contributed by atoms with E-state index in [1.54, 1.807) is 9.80 Å². The summed E-state index contributed by atoms with van der Waals surface area (Å²) < 4.78 is 11.5. The number of ether oxygens (including phenoxy) is 2. The zero-order chi connectivity index (χ0) is 30.7. The van der Waals surface area contributed by atoms with Gasteiger partial charge in [0.1, 0.15) is 17.7 Å². The fourth-order valence-electron chi connectivity index (χ4n) is 8.51. The molecule has 2 heterocycles. The van der Waals surface area contributed by atoms with Crippen LogP contribution in [0.4, 0.5) is 4.79 Å². The van der Waals surface area contributed by atoms with Crippen LogP contribution in [0.5, 0.6) is 0 Å². The lowest BCUT2D eigenvalue weighted by atomic mass is 9.55. The van der Waals surface area contributed by atoms with E-state index in [4.69, 9.17) is 15.9 Å². The first-order chi connectivity index (χ1) is 20.5. The molecule has 238 valence electrons. The van der Waals surface area contributed by atoms with Gasteiger partial charge in [0.15, 0.2) is 0 Å². The lowest BCUT2D eigenvalue weighted by Crippen LogP contribution is -2.50. The van der Waals surface area contributed by atoms with Crippen molar-refractivity contribution in [2.24, 2.45) is 35.5 Å². The van der Waals surface area contributed by atoms with Crippen LogP contribution in [0, 0.1) is 47.9 Å². The summed E-state index contributed by atoms with van der Waals surface area (Å²) in [6.45, 7) is 7.91. The first kappa shape index (κ1) is 31.7. The maximum atomic E-state index is 13.1. The van der Waals surface area contributed by atoms with Gasteiger partial charge in [-0.2, -0.15) is 0 Å². The van der Waals surface area contributed by atoms with Crippen molar-refractivity contribution >= 4 is 23.9 Å². The molecule has 2 saturated heterocycles. The summed E-state index contributed by atoms with van der Waals surface area (Å²) in [5, 5.41) is 2.88. The molecule has 6 aliphatic rings. The second kappa shape index (κ2) is 13.5. The van der Waals surface area contributed by atoms with Crippen LogP contribution in [0.3, 0.4) is 0 Å². The molecule has 3 amide bonds. The van der Waals surface area contributed by atoms with Crippen LogP contribution in [0.15, 0.2) is 0 Å². The summed E-state index contributed by atoms with van der Waals surface area (Å²) in [5.41, 5.74) is -0.509. The third-order valence-electron chi connectivity index (χ3n) is 10.5. The molecule has 6 fully saturated rings. The summed E-state index contributed by atoms with van der Waals surface area (Å²) in [7, 11) is 0. The quantitative estimate of drug-likeness (QED) is 0.326. The molecular formula is C34H51N3O6. The van der Waals surface area contributed by atoms with Crippen molar-refractivity contribution < 1.29 is 28.7 Å². The second-order valence-corrected chi connectivity index (χ2v) is 14.9. The number of likely N-dealkylation sites (tertiary alicyclic amines) is 2. The number of esters is 1. The van der Waals surface area contributed by atoms with E-state index >= 15 is 0 Å². The van der Waals surface area contributed by atoms with Gasteiger partial charge in [-0.05, 0) is 115 Å². The molecule has 0 radical (unpaired) electrons. The van der Waals surface area contributed by atoms with Gasteiger partial charge in [-0.25, -0.2) is 4.79 Å². The smallest absolute Gasteiger partial charge is 0.410 e. The number of hydrogen-bond donors (Lipinski definition) is 1. The van der Waals surface area contributed by atoms with E-state index in [0.29, 0.717) is 56.8 Å². The zero-order valence-electron chi connectivity index (χ0n) is 26.4. The highest BCUT2D eigenvalue weighted by Crippen LogP contribution is 2.54. The number of carbonyl (C=O) groups excluding carboxylic acids is 4. The van der Waals surface area contributed by atoms with Crippen LogP contribution in [0.2, 0.25) is 0 Å². The summed E-state index contributed by atoms with van der Waals surface area (Å²) in [5.74, 6) is 4.75. The lowest BCUT2D eigenvalue weighted by molar-refractivity contribution is -0.171. The monoisotopic (exact) mass is 597 g/mol. The number of carbonyl (C=O) groups is 4. The van der Waals surface area contributed by atoms with Gasteiger partial charge >= 0.3 is 12.1 Å².